The normalized spacial score (nSPS) is 19.0. The molecule has 0 bridgehead atoms. The minimum Gasteiger partial charge on any atom is -0.445 e. The van der Waals surface area contributed by atoms with E-state index in [-0.39, 0.29) is 30.6 Å². The van der Waals surface area contributed by atoms with E-state index < -0.39 is 18.2 Å². The first-order valence-corrected chi connectivity index (χ1v) is 15.0. The zero-order valence-electron chi connectivity index (χ0n) is 25.0. The fourth-order valence-corrected chi connectivity index (χ4v) is 5.60. The number of carbonyl (C=O) groups excluding carboxylic acids is 2. The van der Waals surface area contributed by atoms with Gasteiger partial charge in [-0.15, -0.1) is 0 Å². The Balaban J connectivity index is 1.46. The summed E-state index contributed by atoms with van der Waals surface area (Å²) in [6.45, 7) is 7.04. The number of benzene rings is 3. The van der Waals surface area contributed by atoms with Crippen molar-refractivity contribution in [2.45, 2.75) is 76.8 Å². The number of amides is 2. The van der Waals surface area contributed by atoms with Gasteiger partial charge in [0.1, 0.15) is 6.61 Å². The molecule has 42 heavy (non-hydrogen) atoms. The third kappa shape index (κ3) is 10.00. The van der Waals surface area contributed by atoms with E-state index in [1.165, 1.54) is 5.56 Å². The van der Waals surface area contributed by atoms with Gasteiger partial charge in [0.25, 0.3) is 0 Å². The fourth-order valence-electron chi connectivity index (χ4n) is 5.60. The summed E-state index contributed by atoms with van der Waals surface area (Å²) in [6.07, 6.45) is 1.50. The van der Waals surface area contributed by atoms with Gasteiger partial charge in [-0.1, -0.05) is 91.0 Å². The van der Waals surface area contributed by atoms with Crippen LogP contribution in [0.3, 0.4) is 0 Å². The van der Waals surface area contributed by atoms with E-state index in [9.17, 15) is 14.7 Å². The number of carbonyl (C=O) groups is 2. The molecule has 1 aliphatic heterocycles. The van der Waals surface area contributed by atoms with Gasteiger partial charge in [0.05, 0.1) is 18.2 Å². The second-order valence-electron chi connectivity index (χ2n) is 12.4. The fraction of sp³-hybridized carbons (Fsp3) is 0.429. The van der Waals surface area contributed by atoms with Crippen molar-refractivity contribution in [2.75, 3.05) is 13.1 Å². The number of β-amino-alcohol motifs (C(OH)–C–C–N with tert-alkyl or cyclic N) is 1. The molecule has 0 saturated carbocycles. The van der Waals surface area contributed by atoms with Crippen molar-refractivity contribution in [3.63, 3.8) is 0 Å². The molecule has 1 saturated heterocycles. The third-order valence-electron chi connectivity index (χ3n) is 7.69. The molecule has 1 aliphatic rings. The number of aliphatic hydroxyl groups excluding tert-OH is 1. The Bertz CT molecular complexity index is 1250. The second-order valence-corrected chi connectivity index (χ2v) is 12.4. The summed E-state index contributed by atoms with van der Waals surface area (Å²) < 4.78 is 5.48. The lowest BCUT2D eigenvalue weighted by molar-refractivity contribution is -0.130. The van der Waals surface area contributed by atoms with E-state index in [0.717, 1.165) is 24.0 Å². The molecule has 0 aromatic heterocycles. The lowest BCUT2D eigenvalue weighted by Crippen LogP contribution is -2.58. The summed E-state index contributed by atoms with van der Waals surface area (Å²) in [5.41, 5.74) is 2.78. The van der Waals surface area contributed by atoms with Gasteiger partial charge in [-0.05, 0) is 75.6 Å². The van der Waals surface area contributed by atoms with Crippen LogP contribution >= 0.6 is 0 Å². The summed E-state index contributed by atoms with van der Waals surface area (Å²) in [7, 11) is 0. The number of nitrogens with zero attached hydrogens (tertiary/aromatic N) is 1. The molecule has 7 heteroatoms. The Hall–Kier alpha value is -3.68. The molecule has 1 heterocycles. The van der Waals surface area contributed by atoms with Gasteiger partial charge < -0.3 is 20.5 Å². The number of hydrogen-bond donors (Lipinski definition) is 3. The Morgan fingerprint density at radius 3 is 2.07 bits per heavy atom. The molecule has 2 amide bonds. The number of rotatable bonds is 11. The molecule has 224 valence electrons. The third-order valence-corrected chi connectivity index (χ3v) is 7.69. The predicted molar refractivity (Wildman–Crippen MR) is 166 cm³/mol. The summed E-state index contributed by atoms with van der Waals surface area (Å²) in [6, 6.07) is 28.7. The topological polar surface area (TPSA) is 90.9 Å². The first kappa shape index (κ1) is 31.3. The molecule has 3 N–H and O–H groups in total. The van der Waals surface area contributed by atoms with E-state index in [1.807, 2.05) is 87.5 Å². The van der Waals surface area contributed by atoms with Crippen LogP contribution in [0.15, 0.2) is 91.0 Å². The maximum absolute atomic E-state index is 13.5. The van der Waals surface area contributed by atoms with Crippen molar-refractivity contribution in [3.05, 3.63) is 108 Å². The number of nitrogens with one attached hydrogen (secondary N) is 2. The Morgan fingerprint density at radius 2 is 1.48 bits per heavy atom. The Morgan fingerprint density at radius 1 is 0.905 bits per heavy atom. The van der Waals surface area contributed by atoms with Crippen molar-refractivity contribution >= 4 is 12.0 Å². The molecule has 0 unspecified atom stereocenters. The molecule has 4 atom stereocenters. The SMILES string of the molecule is CC(C)(C)NC(=O)[C@@H]1C[C@H](Cc2ccccc2)CCN1C[C@@H](O)[C@H](Cc1ccccc1)NC(=O)OCc1ccccc1. The number of aliphatic hydroxyl groups is 1. The standard InChI is InChI=1S/C35H45N3O4/c1-35(2,3)37-33(40)31-23-29(21-26-13-7-4-8-14-26)19-20-38(31)24-32(39)30(22-27-15-9-5-10-16-27)36-34(41)42-25-28-17-11-6-12-18-28/h4-18,29-32,39H,19-25H2,1-3H3,(H,36,41)(H,37,40)/t29-,30-,31-,32+/m0/s1. The zero-order valence-corrected chi connectivity index (χ0v) is 25.0. The largest absolute Gasteiger partial charge is 0.445 e. The van der Waals surface area contributed by atoms with Crippen molar-refractivity contribution in [3.8, 4) is 0 Å². The van der Waals surface area contributed by atoms with E-state index >= 15 is 0 Å². The molecular formula is C35H45N3O4. The van der Waals surface area contributed by atoms with E-state index in [0.29, 0.717) is 25.3 Å². The van der Waals surface area contributed by atoms with Crippen molar-refractivity contribution in [1.82, 2.24) is 15.5 Å². The average molecular weight is 572 g/mol. The van der Waals surface area contributed by atoms with Gasteiger partial charge in [0.15, 0.2) is 0 Å². The van der Waals surface area contributed by atoms with Gasteiger partial charge in [-0.2, -0.15) is 0 Å². The summed E-state index contributed by atoms with van der Waals surface area (Å²) in [4.78, 5) is 28.5. The average Bonchev–Trinajstić information content (AvgIpc) is 2.97. The minimum atomic E-state index is -0.912. The number of ether oxygens (including phenoxy) is 1. The lowest BCUT2D eigenvalue weighted by Gasteiger charge is -2.41. The van der Waals surface area contributed by atoms with Crippen LogP contribution in [-0.4, -0.2) is 58.8 Å². The summed E-state index contributed by atoms with van der Waals surface area (Å²) in [5.74, 6) is 0.338. The molecule has 3 aromatic rings. The van der Waals surface area contributed by atoms with Crippen molar-refractivity contribution in [2.24, 2.45) is 5.92 Å². The molecule has 4 rings (SSSR count). The highest BCUT2D eigenvalue weighted by molar-refractivity contribution is 5.82. The Kier molecular flexibility index (Phi) is 11.2. The molecule has 7 nitrogen and oxygen atoms in total. The highest BCUT2D eigenvalue weighted by atomic mass is 16.5. The first-order chi connectivity index (χ1) is 20.2. The summed E-state index contributed by atoms with van der Waals surface area (Å²) >= 11 is 0. The molecule has 0 spiro atoms. The quantitative estimate of drug-likeness (QED) is 0.297. The molecule has 3 aromatic carbocycles. The number of likely N-dealkylation sites (tertiary alicyclic amines) is 1. The minimum absolute atomic E-state index is 0.0256. The van der Waals surface area contributed by atoms with Crippen LogP contribution in [0.5, 0.6) is 0 Å². The molecular weight excluding hydrogens is 526 g/mol. The first-order valence-electron chi connectivity index (χ1n) is 15.0. The number of hydrogen-bond acceptors (Lipinski definition) is 5. The zero-order chi connectivity index (χ0) is 30.0. The van der Waals surface area contributed by atoms with E-state index in [2.05, 4.69) is 39.8 Å². The molecule has 0 radical (unpaired) electrons. The highest BCUT2D eigenvalue weighted by Crippen LogP contribution is 2.27. The van der Waals surface area contributed by atoms with Crippen LogP contribution in [-0.2, 0) is 29.0 Å². The van der Waals surface area contributed by atoms with Crippen LogP contribution in [0.1, 0.15) is 50.3 Å². The Labute approximate surface area is 250 Å². The maximum Gasteiger partial charge on any atom is 0.407 e. The molecule has 1 fully saturated rings. The molecule has 0 aliphatic carbocycles. The van der Waals surface area contributed by atoms with Gasteiger partial charge in [0.2, 0.25) is 5.91 Å². The number of alkyl carbamates (subject to hydrolysis) is 1. The van der Waals surface area contributed by atoms with E-state index in [4.69, 9.17) is 4.74 Å². The van der Waals surface area contributed by atoms with Crippen LogP contribution in [0.25, 0.3) is 0 Å². The van der Waals surface area contributed by atoms with Gasteiger partial charge in [0, 0.05) is 12.1 Å². The van der Waals surface area contributed by atoms with Crippen LogP contribution in [0.2, 0.25) is 0 Å². The second kappa shape index (κ2) is 15.0. The summed E-state index contributed by atoms with van der Waals surface area (Å²) in [5, 5.41) is 17.6. The number of piperidine rings is 1. The highest BCUT2D eigenvalue weighted by Gasteiger charge is 2.37. The monoisotopic (exact) mass is 571 g/mol. The predicted octanol–water partition coefficient (Wildman–Crippen LogP) is 5.12. The van der Waals surface area contributed by atoms with Gasteiger partial charge in [-0.3, -0.25) is 9.69 Å². The van der Waals surface area contributed by atoms with Crippen LogP contribution < -0.4 is 10.6 Å². The van der Waals surface area contributed by atoms with Gasteiger partial charge in [-0.25, -0.2) is 4.79 Å². The van der Waals surface area contributed by atoms with Gasteiger partial charge >= 0.3 is 6.09 Å². The van der Waals surface area contributed by atoms with Crippen molar-refractivity contribution in [1.29, 1.82) is 0 Å². The van der Waals surface area contributed by atoms with Crippen molar-refractivity contribution < 1.29 is 19.4 Å². The smallest absolute Gasteiger partial charge is 0.407 e. The lowest BCUT2D eigenvalue weighted by atomic mass is 9.85. The maximum atomic E-state index is 13.5. The van der Waals surface area contributed by atoms with Crippen LogP contribution in [0.4, 0.5) is 4.79 Å². The van der Waals surface area contributed by atoms with E-state index in [1.54, 1.807) is 0 Å². The van der Waals surface area contributed by atoms with Crippen LogP contribution in [0, 0.1) is 5.92 Å².